The highest BCUT2D eigenvalue weighted by Gasteiger charge is 2.16. The number of benzene rings is 1. The van der Waals surface area contributed by atoms with Crippen LogP contribution in [0.5, 0.6) is 5.75 Å². The molecule has 1 saturated heterocycles. The zero-order chi connectivity index (χ0) is 14.4. The maximum absolute atomic E-state index is 6.21. The summed E-state index contributed by atoms with van der Waals surface area (Å²) in [5.74, 6) is 0.734. The summed E-state index contributed by atoms with van der Waals surface area (Å²) in [7, 11) is 0. The van der Waals surface area contributed by atoms with E-state index in [1.165, 1.54) is 0 Å². The smallest absolute Gasteiger partial charge is 0.142 e. The van der Waals surface area contributed by atoms with Crippen molar-refractivity contribution in [3.63, 3.8) is 0 Å². The lowest BCUT2D eigenvalue weighted by Crippen LogP contribution is -2.26. The lowest BCUT2D eigenvalue weighted by molar-refractivity contribution is 0.110. The molecule has 1 unspecified atom stereocenters. The Morgan fingerprint density at radius 3 is 2.95 bits per heavy atom. The SMILES string of the molecule is CCCOc1c(Cl)cc(Cl)cc1CNCC1CCCO1. The monoisotopic (exact) mass is 317 g/mol. The van der Waals surface area contributed by atoms with E-state index in [-0.39, 0.29) is 0 Å². The molecule has 0 radical (unpaired) electrons. The first-order chi connectivity index (χ1) is 9.70. The van der Waals surface area contributed by atoms with Crippen molar-refractivity contribution in [2.24, 2.45) is 0 Å². The van der Waals surface area contributed by atoms with Crippen LogP contribution in [0.2, 0.25) is 10.0 Å². The normalized spacial score (nSPS) is 18.4. The minimum atomic E-state index is 0.324. The maximum Gasteiger partial charge on any atom is 0.142 e. The molecule has 1 atom stereocenters. The summed E-state index contributed by atoms with van der Waals surface area (Å²) in [6, 6.07) is 3.62. The molecule has 0 aromatic heterocycles. The van der Waals surface area contributed by atoms with Gasteiger partial charge in [0.1, 0.15) is 5.75 Å². The standard InChI is InChI=1S/C15H21Cl2NO2/c1-2-5-20-15-11(7-12(16)8-14(15)17)9-18-10-13-4-3-6-19-13/h7-8,13,18H,2-6,9-10H2,1H3. The molecule has 1 N–H and O–H groups in total. The highest BCUT2D eigenvalue weighted by atomic mass is 35.5. The van der Waals surface area contributed by atoms with Gasteiger partial charge in [-0.3, -0.25) is 0 Å². The Bertz CT molecular complexity index is 434. The Morgan fingerprint density at radius 1 is 1.40 bits per heavy atom. The summed E-state index contributed by atoms with van der Waals surface area (Å²) in [4.78, 5) is 0. The number of hydrogen-bond donors (Lipinski definition) is 1. The third-order valence-electron chi connectivity index (χ3n) is 3.25. The molecule has 5 heteroatoms. The molecular formula is C15H21Cl2NO2. The quantitative estimate of drug-likeness (QED) is 0.823. The fraction of sp³-hybridized carbons (Fsp3) is 0.600. The average Bonchev–Trinajstić information content (AvgIpc) is 2.91. The van der Waals surface area contributed by atoms with Gasteiger partial charge in [0.25, 0.3) is 0 Å². The summed E-state index contributed by atoms with van der Waals surface area (Å²) < 4.78 is 11.3. The van der Waals surface area contributed by atoms with Crippen molar-refractivity contribution in [2.45, 2.75) is 38.8 Å². The Kier molecular flexibility index (Phi) is 6.43. The second kappa shape index (κ2) is 8.08. The number of hydrogen-bond acceptors (Lipinski definition) is 3. The van der Waals surface area contributed by atoms with Gasteiger partial charge in [-0.1, -0.05) is 30.1 Å². The van der Waals surface area contributed by atoms with Crippen LogP contribution < -0.4 is 10.1 Å². The molecule has 1 aromatic carbocycles. The van der Waals surface area contributed by atoms with Crippen LogP contribution in [-0.2, 0) is 11.3 Å². The summed E-state index contributed by atoms with van der Waals surface area (Å²) in [5, 5.41) is 4.59. The van der Waals surface area contributed by atoms with Gasteiger partial charge in [-0.2, -0.15) is 0 Å². The Balaban J connectivity index is 1.96. The third kappa shape index (κ3) is 4.52. The molecule has 2 rings (SSSR count). The molecule has 1 aliphatic heterocycles. The lowest BCUT2D eigenvalue weighted by atomic mass is 10.2. The van der Waals surface area contributed by atoms with Crippen molar-refractivity contribution in [2.75, 3.05) is 19.8 Å². The van der Waals surface area contributed by atoms with Crippen LogP contribution in [-0.4, -0.2) is 25.9 Å². The van der Waals surface area contributed by atoms with E-state index in [9.17, 15) is 0 Å². The molecule has 1 fully saturated rings. The van der Waals surface area contributed by atoms with Crippen LogP contribution in [0.3, 0.4) is 0 Å². The van der Waals surface area contributed by atoms with E-state index in [0.717, 1.165) is 43.7 Å². The predicted molar refractivity (Wildman–Crippen MR) is 82.9 cm³/mol. The van der Waals surface area contributed by atoms with Crippen molar-refractivity contribution in [1.29, 1.82) is 0 Å². The minimum Gasteiger partial charge on any atom is -0.492 e. The number of rotatable bonds is 7. The first-order valence-electron chi connectivity index (χ1n) is 7.13. The summed E-state index contributed by atoms with van der Waals surface area (Å²) in [5.41, 5.74) is 0.994. The summed E-state index contributed by atoms with van der Waals surface area (Å²) in [6.45, 7) is 5.12. The Morgan fingerprint density at radius 2 is 2.25 bits per heavy atom. The van der Waals surface area contributed by atoms with Crippen LogP contribution in [0.25, 0.3) is 0 Å². The molecule has 0 saturated carbocycles. The van der Waals surface area contributed by atoms with Crippen LogP contribution in [0.4, 0.5) is 0 Å². The van der Waals surface area contributed by atoms with Gasteiger partial charge in [0.2, 0.25) is 0 Å². The lowest BCUT2D eigenvalue weighted by Gasteiger charge is -2.15. The Hall–Kier alpha value is -0.480. The van der Waals surface area contributed by atoms with E-state index >= 15 is 0 Å². The third-order valence-corrected chi connectivity index (χ3v) is 3.75. The number of nitrogens with one attached hydrogen (secondary N) is 1. The van der Waals surface area contributed by atoms with Gasteiger partial charge in [-0.15, -0.1) is 0 Å². The van der Waals surface area contributed by atoms with Crippen LogP contribution >= 0.6 is 23.2 Å². The largest absolute Gasteiger partial charge is 0.492 e. The van der Waals surface area contributed by atoms with Crippen molar-refractivity contribution in [3.05, 3.63) is 27.7 Å². The number of ether oxygens (including phenoxy) is 2. The second-order valence-electron chi connectivity index (χ2n) is 4.99. The minimum absolute atomic E-state index is 0.324. The van der Waals surface area contributed by atoms with E-state index in [1.54, 1.807) is 6.07 Å². The van der Waals surface area contributed by atoms with E-state index < -0.39 is 0 Å². The highest BCUT2D eigenvalue weighted by Crippen LogP contribution is 2.32. The van der Waals surface area contributed by atoms with Crippen molar-refractivity contribution < 1.29 is 9.47 Å². The van der Waals surface area contributed by atoms with Gasteiger partial charge in [-0.05, 0) is 31.4 Å². The molecule has 3 nitrogen and oxygen atoms in total. The molecule has 0 bridgehead atoms. The summed E-state index contributed by atoms with van der Waals surface area (Å²) in [6.07, 6.45) is 3.55. The average molecular weight is 318 g/mol. The van der Waals surface area contributed by atoms with Crippen molar-refractivity contribution >= 4 is 23.2 Å². The van der Waals surface area contributed by atoms with Gasteiger partial charge in [-0.25, -0.2) is 0 Å². The van der Waals surface area contributed by atoms with E-state index in [2.05, 4.69) is 12.2 Å². The zero-order valence-corrected chi connectivity index (χ0v) is 13.3. The molecule has 0 spiro atoms. The van der Waals surface area contributed by atoms with Gasteiger partial charge in [0, 0.05) is 30.3 Å². The van der Waals surface area contributed by atoms with E-state index in [4.69, 9.17) is 32.7 Å². The van der Waals surface area contributed by atoms with E-state index in [0.29, 0.717) is 29.3 Å². The van der Waals surface area contributed by atoms with Crippen LogP contribution in [0, 0.1) is 0 Å². The van der Waals surface area contributed by atoms with Gasteiger partial charge in [0.05, 0.1) is 17.7 Å². The first kappa shape index (κ1) is 15.9. The zero-order valence-electron chi connectivity index (χ0n) is 11.8. The molecule has 20 heavy (non-hydrogen) atoms. The molecular weight excluding hydrogens is 297 g/mol. The van der Waals surface area contributed by atoms with Crippen LogP contribution in [0.1, 0.15) is 31.7 Å². The highest BCUT2D eigenvalue weighted by molar-refractivity contribution is 6.35. The van der Waals surface area contributed by atoms with Gasteiger partial charge in [0.15, 0.2) is 0 Å². The first-order valence-corrected chi connectivity index (χ1v) is 7.89. The van der Waals surface area contributed by atoms with E-state index in [1.807, 2.05) is 6.07 Å². The molecule has 112 valence electrons. The second-order valence-corrected chi connectivity index (χ2v) is 5.83. The molecule has 0 amide bonds. The van der Waals surface area contributed by atoms with Crippen LogP contribution in [0.15, 0.2) is 12.1 Å². The number of halogens is 2. The molecule has 0 aliphatic carbocycles. The van der Waals surface area contributed by atoms with Crippen molar-refractivity contribution in [3.8, 4) is 5.75 Å². The predicted octanol–water partition coefficient (Wildman–Crippen LogP) is 4.05. The van der Waals surface area contributed by atoms with Gasteiger partial charge < -0.3 is 14.8 Å². The Labute approximate surface area is 130 Å². The fourth-order valence-corrected chi connectivity index (χ4v) is 2.87. The fourth-order valence-electron chi connectivity index (χ4n) is 2.28. The topological polar surface area (TPSA) is 30.5 Å². The molecule has 1 aliphatic rings. The summed E-state index contributed by atoms with van der Waals surface area (Å²) >= 11 is 12.3. The van der Waals surface area contributed by atoms with Gasteiger partial charge >= 0.3 is 0 Å². The molecule has 1 aromatic rings. The van der Waals surface area contributed by atoms with Crippen molar-refractivity contribution in [1.82, 2.24) is 5.32 Å². The molecule has 1 heterocycles. The maximum atomic E-state index is 6.21.